The first-order valence-electron chi connectivity index (χ1n) is 23.8. The molecule has 0 aromatic heterocycles. The lowest BCUT2D eigenvalue weighted by atomic mass is 9.72. The number of carbonyl (C=O) groups is 2. The van der Waals surface area contributed by atoms with Gasteiger partial charge in [-0.15, -0.1) is 0 Å². The third kappa shape index (κ3) is 10.2. The summed E-state index contributed by atoms with van der Waals surface area (Å²) < 4.78 is 34.8. The van der Waals surface area contributed by atoms with E-state index in [-0.39, 0.29) is 35.7 Å². The van der Waals surface area contributed by atoms with Crippen LogP contribution < -0.4 is 10.6 Å². The molecule has 6 rings (SSSR count). The number of nitrogens with one attached hydrogen (secondary N) is 2. The lowest BCUT2D eigenvalue weighted by Crippen LogP contribution is -2.66. The van der Waals surface area contributed by atoms with Crippen molar-refractivity contribution in [3.8, 4) is 0 Å². The van der Waals surface area contributed by atoms with Gasteiger partial charge in [-0.25, -0.2) is 0 Å². The van der Waals surface area contributed by atoms with Crippen molar-refractivity contribution in [1.82, 2.24) is 5.32 Å². The van der Waals surface area contributed by atoms with Crippen molar-refractivity contribution in [3.63, 3.8) is 0 Å². The van der Waals surface area contributed by atoms with Gasteiger partial charge in [0.1, 0.15) is 11.8 Å². The fourth-order valence-corrected chi connectivity index (χ4v) is 12.1. The van der Waals surface area contributed by atoms with Crippen LogP contribution in [-0.2, 0) is 33.3 Å². The Hall–Kier alpha value is -1.91. The Bertz CT molecular complexity index is 1880. The van der Waals surface area contributed by atoms with Crippen LogP contribution >= 0.6 is 35.4 Å². The fourth-order valence-electron chi connectivity index (χ4n) is 11.5. The molecule has 4 saturated heterocycles. The number of benzene rings is 1. The molecule has 12 nitrogen and oxygen atoms in total. The number of thiocarbonyl (C=S) groups is 1. The standard InChI is InChI=1S/C49H74Cl2N2O10S/c1-11-33(44(56)57)37-17-14-26(4)42(60-37)30(8)40(54)29(7)41(55)34(12-2)43-27(5)24-28(6)48(61-43)21-18-38(53-45(64)52-32-15-16-35(50)36(51)25-32)49(63-48)23-22-46(10,62-49)39-19-20-47(58,13-3)31(9)59-39/h15-16,18,21,25-31,33-34,37-40,42-43,54,58H,11-14,17,19-20,22-24H2,1-10H3,(H,56,57)(H2,52,53,64)/t26-,27-,28+,29-,30-,31-,33+,34-,37+,38+,39+,40+,42+,43-,46-,47+,48-,49-/m0/s1. The highest BCUT2D eigenvalue weighted by Gasteiger charge is 2.63. The molecule has 18 atom stereocenters. The quantitative estimate of drug-likeness (QED) is 0.0886. The molecule has 0 saturated carbocycles. The Morgan fingerprint density at radius 3 is 2.25 bits per heavy atom. The van der Waals surface area contributed by atoms with Crippen molar-refractivity contribution in [1.29, 1.82) is 0 Å². The number of aliphatic hydroxyl groups is 2. The first-order chi connectivity index (χ1) is 30.1. The van der Waals surface area contributed by atoms with Gasteiger partial charge in [-0.1, -0.05) is 84.7 Å². The van der Waals surface area contributed by atoms with Gasteiger partial charge in [0, 0.05) is 35.8 Å². The van der Waals surface area contributed by atoms with E-state index in [0.29, 0.717) is 78.6 Å². The summed E-state index contributed by atoms with van der Waals surface area (Å²) in [5.41, 5.74) is -1.04. The van der Waals surface area contributed by atoms with Gasteiger partial charge in [0.05, 0.1) is 63.8 Å². The molecule has 5 aliphatic heterocycles. The minimum atomic E-state index is -1.28. The summed E-state index contributed by atoms with van der Waals surface area (Å²) in [6.07, 6.45) is 6.77. The SMILES string of the molecule is CC[C@@H](C(=O)[C@@H](C)[C@@H](O)[C@H](C)[C@@H]1O[C@@H]([C@@H](CC)C(=O)O)CC[C@@H]1C)[C@H]1O[C@]2(C=C[C@@H](NC(=S)Nc3ccc(Cl)c(Cl)c3)[C@]3(CC[C@@](C)([C@H]4CC[C@](O)(CC)[C@H](C)O4)O3)O2)[C@H](C)C[C@@H]1C. The highest BCUT2D eigenvalue weighted by Crippen LogP contribution is 2.54. The number of aliphatic hydroxyl groups excluding tert-OH is 1. The molecule has 1 aromatic carbocycles. The summed E-state index contributed by atoms with van der Waals surface area (Å²) in [5, 5.41) is 40.9. The predicted molar refractivity (Wildman–Crippen MR) is 252 cm³/mol. The van der Waals surface area contributed by atoms with E-state index in [2.05, 4.69) is 38.3 Å². The number of hydrogen-bond acceptors (Lipinski definition) is 10. The van der Waals surface area contributed by atoms with Crippen LogP contribution in [0.1, 0.15) is 133 Å². The van der Waals surface area contributed by atoms with E-state index in [1.165, 1.54) is 0 Å². The van der Waals surface area contributed by atoms with Crippen molar-refractivity contribution < 1.29 is 48.6 Å². The van der Waals surface area contributed by atoms with Gasteiger partial charge in [0.2, 0.25) is 0 Å². The van der Waals surface area contributed by atoms with E-state index in [0.717, 1.165) is 6.42 Å². The van der Waals surface area contributed by atoms with Crippen LogP contribution in [-0.4, -0.2) is 97.6 Å². The van der Waals surface area contributed by atoms with Crippen LogP contribution in [0, 0.1) is 41.4 Å². The molecule has 64 heavy (non-hydrogen) atoms. The van der Waals surface area contributed by atoms with E-state index >= 15 is 0 Å². The van der Waals surface area contributed by atoms with Crippen LogP contribution in [0.4, 0.5) is 5.69 Å². The average Bonchev–Trinajstić information content (AvgIpc) is 3.59. The Labute approximate surface area is 396 Å². The number of carbonyl (C=O) groups excluding carboxylic acids is 1. The normalized spacial score (nSPS) is 40.1. The van der Waals surface area contributed by atoms with Crippen molar-refractivity contribution in [3.05, 3.63) is 40.4 Å². The number of halogens is 2. The van der Waals surface area contributed by atoms with Gasteiger partial charge in [-0.2, -0.15) is 0 Å². The molecule has 1 aromatic rings. The second kappa shape index (κ2) is 20.4. The molecule has 360 valence electrons. The highest BCUT2D eigenvalue weighted by atomic mass is 35.5. The lowest BCUT2D eigenvalue weighted by Gasteiger charge is -2.55. The van der Waals surface area contributed by atoms with E-state index in [4.69, 9.17) is 59.1 Å². The number of rotatable bonds is 14. The van der Waals surface area contributed by atoms with Crippen molar-refractivity contribution in [2.24, 2.45) is 41.4 Å². The van der Waals surface area contributed by atoms with Crippen molar-refractivity contribution >= 4 is 58.0 Å². The predicted octanol–water partition coefficient (Wildman–Crippen LogP) is 9.49. The van der Waals surface area contributed by atoms with E-state index < -0.39 is 82.9 Å². The first-order valence-corrected chi connectivity index (χ1v) is 25.0. The molecule has 0 unspecified atom stereocenters. The lowest BCUT2D eigenvalue weighted by molar-refractivity contribution is -0.397. The molecular weight excluding hydrogens is 880 g/mol. The molecule has 15 heteroatoms. The number of ketones is 1. The molecule has 0 amide bonds. The molecule has 5 aliphatic rings. The number of carboxylic acid groups (broad SMARTS) is 1. The van der Waals surface area contributed by atoms with Crippen molar-refractivity contribution in [2.75, 3.05) is 5.32 Å². The van der Waals surface area contributed by atoms with Gasteiger partial charge in [-0.05, 0) is 120 Å². The van der Waals surface area contributed by atoms with E-state index in [9.17, 15) is 24.9 Å². The Morgan fingerprint density at radius 2 is 1.62 bits per heavy atom. The van der Waals surface area contributed by atoms with Crippen LogP contribution in [0.2, 0.25) is 10.0 Å². The first kappa shape index (κ1) is 51.5. The van der Waals surface area contributed by atoms with E-state index in [1.807, 2.05) is 46.8 Å². The summed E-state index contributed by atoms with van der Waals surface area (Å²) in [5.74, 6) is -5.91. The van der Waals surface area contributed by atoms with Crippen LogP contribution in [0.3, 0.4) is 0 Å². The zero-order valence-electron chi connectivity index (χ0n) is 39.4. The monoisotopic (exact) mass is 952 g/mol. The Morgan fingerprint density at radius 1 is 0.922 bits per heavy atom. The minimum absolute atomic E-state index is 0.0169. The number of hydrogen-bond donors (Lipinski definition) is 5. The maximum atomic E-state index is 14.7. The molecule has 0 bridgehead atoms. The average molecular weight is 954 g/mol. The van der Waals surface area contributed by atoms with Gasteiger partial charge >= 0.3 is 5.97 Å². The Kier molecular flexibility index (Phi) is 16.4. The van der Waals surface area contributed by atoms with Crippen LogP contribution in [0.5, 0.6) is 0 Å². The molecule has 5 heterocycles. The molecule has 0 aliphatic carbocycles. The molecular formula is C49H74Cl2N2O10S. The zero-order chi connectivity index (χ0) is 47.1. The molecule has 5 N–H and O–H groups in total. The number of Topliss-reactive ketones (excluding diaryl/α,β-unsaturated/α-hetero) is 1. The summed E-state index contributed by atoms with van der Waals surface area (Å²) >= 11 is 18.4. The third-order valence-electron chi connectivity index (χ3n) is 15.9. The maximum Gasteiger partial charge on any atom is 0.309 e. The summed E-state index contributed by atoms with van der Waals surface area (Å²) in [7, 11) is 0. The van der Waals surface area contributed by atoms with E-state index in [1.54, 1.807) is 25.1 Å². The van der Waals surface area contributed by atoms with Crippen LogP contribution in [0.15, 0.2) is 30.4 Å². The summed E-state index contributed by atoms with van der Waals surface area (Å²) in [4.78, 5) is 26.8. The second-order valence-corrected chi connectivity index (χ2v) is 21.4. The maximum absolute atomic E-state index is 14.7. The fraction of sp³-hybridized carbons (Fsp3) is 0.776. The zero-order valence-corrected chi connectivity index (χ0v) is 41.7. The summed E-state index contributed by atoms with van der Waals surface area (Å²) in [6.45, 7) is 19.8. The van der Waals surface area contributed by atoms with Gasteiger partial charge < -0.3 is 49.6 Å². The van der Waals surface area contributed by atoms with Gasteiger partial charge in [-0.3, -0.25) is 9.59 Å². The third-order valence-corrected chi connectivity index (χ3v) is 16.9. The Balaban J connectivity index is 1.25. The topological polar surface area (TPSA) is 165 Å². The largest absolute Gasteiger partial charge is 0.481 e. The van der Waals surface area contributed by atoms with Gasteiger partial charge in [0.25, 0.3) is 0 Å². The summed E-state index contributed by atoms with van der Waals surface area (Å²) in [6, 6.07) is 4.61. The number of aliphatic carboxylic acids is 1. The van der Waals surface area contributed by atoms with Crippen LogP contribution in [0.25, 0.3) is 0 Å². The number of ether oxygens (including phenoxy) is 5. The number of anilines is 1. The van der Waals surface area contributed by atoms with Crippen molar-refractivity contribution in [2.45, 2.75) is 199 Å². The molecule has 4 fully saturated rings. The van der Waals surface area contributed by atoms with Gasteiger partial charge in [0.15, 0.2) is 16.7 Å². The smallest absolute Gasteiger partial charge is 0.309 e. The molecule has 2 spiro atoms. The highest BCUT2D eigenvalue weighted by molar-refractivity contribution is 7.80. The minimum Gasteiger partial charge on any atom is -0.481 e. The number of carboxylic acids is 1. The molecule has 0 radical (unpaired) electrons. The second-order valence-electron chi connectivity index (χ2n) is 20.2.